The van der Waals surface area contributed by atoms with E-state index < -0.39 is 6.61 Å². The number of hydrogen-bond acceptors (Lipinski definition) is 5. The molecule has 6 nitrogen and oxygen atoms in total. The van der Waals surface area contributed by atoms with E-state index >= 15 is 0 Å². The first-order valence-corrected chi connectivity index (χ1v) is 9.04. The lowest BCUT2D eigenvalue weighted by Crippen LogP contribution is -2.12. The first-order chi connectivity index (χ1) is 13.7. The molecule has 0 aliphatic rings. The molecule has 1 aromatic carbocycles. The molecule has 154 valence electrons. The Hall–Kier alpha value is -3.16. The minimum absolute atomic E-state index is 0.0463. The molecule has 0 spiro atoms. The quantitative estimate of drug-likeness (QED) is 0.658. The second kappa shape index (κ2) is 7.69. The molecule has 2 aromatic heterocycles. The van der Waals surface area contributed by atoms with Gasteiger partial charge in [0.25, 0.3) is 0 Å². The highest BCUT2D eigenvalue weighted by Crippen LogP contribution is 2.39. The van der Waals surface area contributed by atoms with Crippen LogP contribution in [0.2, 0.25) is 0 Å². The molecule has 3 rings (SSSR count). The van der Waals surface area contributed by atoms with Gasteiger partial charge in [0.05, 0.1) is 30.8 Å². The van der Waals surface area contributed by atoms with Gasteiger partial charge in [0.15, 0.2) is 5.65 Å². The van der Waals surface area contributed by atoms with Gasteiger partial charge in [-0.1, -0.05) is 27.4 Å². The van der Waals surface area contributed by atoms with E-state index in [1.807, 2.05) is 6.07 Å². The number of hydrogen-bond donors (Lipinski definition) is 1. The molecule has 0 atom stereocenters. The molecule has 0 radical (unpaired) electrons. The van der Waals surface area contributed by atoms with Crippen LogP contribution in [0.15, 0.2) is 37.2 Å². The van der Waals surface area contributed by atoms with Gasteiger partial charge in [0.1, 0.15) is 11.5 Å². The Labute approximate surface area is 168 Å². The van der Waals surface area contributed by atoms with Crippen LogP contribution in [0, 0.1) is 0 Å². The third kappa shape index (κ3) is 4.01. The summed E-state index contributed by atoms with van der Waals surface area (Å²) in [5.41, 5.74) is 3.56. The molecule has 3 aromatic rings. The van der Waals surface area contributed by atoms with Gasteiger partial charge in [-0.3, -0.25) is 0 Å². The third-order valence-electron chi connectivity index (χ3n) is 4.63. The lowest BCUT2D eigenvalue weighted by Gasteiger charge is -2.19. The maximum absolute atomic E-state index is 13.0. The summed E-state index contributed by atoms with van der Waals surface area (Å²) in [6.07, 6.45) is 3.42. The molecule has 0 bridgehead atoms. The molecule has 0 unspecified atom stereocenters. The number of alkyl halides is 2. The van der Waals surface area contributed by atoms with Crippen LogP contribution in [-0.2, 0) is 5.41 Å². The highest BCUT2D eigenvalue weighted by atomic mass is 19.3. The van der Waals surface area contributed by atoms with E-state index in [0.717, 1.165) is 5.56 Å². The molecule has 1 N–H and O–H groups in total. The Kier molecular flexibility index (Phi) is 5.46. The lowest BCUT2D eigenvalue weighted by molar-refractivity contribution is -0.0500. The average Bonchev–Trinajstić information content (AvgIpc) is 3.08. The van der Waals surface area contributed by atoms with E-state index in [2.05, 4.69) is 42.7 Å². The second-order valence-electron chi connectivity index (χ2n) is 7.57. The Balaban J connectivity index is 2.19. The summed E-state index contributed by atoms with van der Waals surface area (Å²) in [4.78, 5) is 4.43. The van der Waals surface area contributed by atoms with Crippen molar-refractivity contribution in [3.05, 3.63) is 48.3 Å². The molecule has 0 fully saturated rings. The van der Waals surface area contributed by atoms with Gasteiger partial charge in [-0.25, -0.2) is 9.50 Å². The summed E-state index contributed by atoms with van der Waals surface area (Å²) < 4.78 is 37.9. The molecule has 0 aliphatic heterocycles. The molecular weight excluding hydrogens is 378 g/mol. The molecule has 0 saturated carbocycles. The van der Waals surface area contributed by atoms with Gasteiger partial charge in [-0.15, -0.1) is 0 Å². The fraction of sp³-hybridized carbons (Fsp3) is 0.333. The first kappa shape index (κ1) is 20.6. The molecule has 0 aliphatic carbocycles. The molecule has 0 amide bonds. The average molecular weight is 402 g/mol. The Morgan fingerprint density at radius 1 is 1.17 bits per heavy atom. The predicted octanol–water partition coefficient (Wildman–Crippen LogP) is 4.49. The van der Waals surface area contributed by atoms with E-state index in [4.69, 9.17) is 9.47 Å². The standard InChI is InChI=1S/C21H24F2N4O2/c1-12(24-5)19-16(28-6)7-13(8-17(19)29-20(22)23)15-11-25-18-9-14(21(2,3)4)10-26-27(15)18/h7-11,20,24H,1H2,2-6H3. The Bertz CT molecular complexity index is 1050. The summed E-state index contributed by atoms with van der Waals surface area (Å²) >= 11 is 0. The number of aromatic nitrogens is 3. The number of nitrogens with zero attached hydrogens (tertiary/aromatic N) is 3. The fourth-order valence-electron chi connectivity index (χ4n) is 2.99. The molecule has 29 heavy (non-hydrogen) atoms. The number of methoxy groups -OCH3 is 1. The monoisotopic (exact) mass is 402 g/mol. The van der Waals surface area contributed by atoms with Gasteiger partial charge in [-0.05, 0) is 29.2 Å². The summed E-state index contributed by atoms with van der Waals surface area (Å²) in [5, 5.41) is 7.34. The lowest BCUT2D eigenvalue weighted by atomic mass is 9.89. The van der Waals surface area contributed by atoms with Gasteiger partial charge in [0.2, 0.25) is 0 Å². The fourth-order valence-corrected chi connectivity index (χ4v) is 2.99. The summed E-state index contributed by atoms with van der Waals surface area (Å²) in [6.45, 7) is 7.14. The maximum atomic E-state index is 13.0. The number of nitrogens with one attached hydrogen (secondary N) is 1. The molecule has 8 heteroatoms. The van der Waals surface area contributed by atoms with Crippen LogP contribution in [0.5, 0.6) is 11.5 Å². The zero-order valence-electron chi connectivity index (χ0n) is 17.1. The van der Waals surface area contributed by atoms with Crippen molar-refractivity contribution in [2.45, 2.75) is 32.8 Å². The zero-order valence-corrected chi connectivity index (χ0v) is 17.1. The van der Waals surface area contributed by atoms with Gasteiger partial charge < -0.3 is 14.8 Å². The van der Waals surface area contributed by atoms with Crippen LogP contribution in [0.25, 0.3) is 22.6 Å². The van der Waals surface area contributed by atoms with E-state index in [0.29, 0.717) is 33.9 Å². The SMILES string of the molecule is C=C(NC)c1c(OC)cc(-c2cnc3cc(C(C)(C)C)cnn23)cc1OC(F)F. The number of ether oxygens (including phenoxy) is 2. The van der Waals surface area contributed by atoms with Crippen molar-refractivity contribution in [2.75, 3.05) is 14.2 Å². The third-order valence-corrected chi connectivity index (χ3v) is 4.63. The number of benzene rings is 1. The van der Waals surface area contributed by atoms with Crippen molar-refractivity contribution in [2.24, 2.45) is 0 Å². The number of rotatable bonds is 6. The van der Waals surface area contributed by atoms with Gasteiger partial charge in [-0.2, -0.15) is 13.9 Å². The van der Waals surface area contributed by atoms with Crippen molar-refractivity contribution in [3.63, 3.8) is 0 Å². The van der Waals surface area contributed by atoms with Crippen molar-refractivity contribution in [1.82, 2.24) is 19.9 Å². The van der Waals surface area contributed by atoms with E-state index in [9.17, 15) is 8.78 Å². The van der Waals surface area contributed by atoms with E-state index in [-0.39, 0.29) is 11.2 Å². The highest BCUT2D eigenvalue weighted by molar-refractivity contribution is 5.78. The number of halogens is 2. The van der Waals surface area contributed by atoms with Crippen LogP contribution in [0.1, 0.15) is 31.9 Å². The first-order valence-electron chi connectivity index (χ1n) is 9.04. The highest BCUT2D eigenvalue weighted by Gasteiger charge is 2.21. The molecule has 2 heterocycles. The summed E-state index contributed by atoms with van der Waals surface area (Å²) in [6, 6.07) is 5.19. The van der Waals surface area contributed by atoms with E-state index in [1.54, 1.807) is 30.0 Å². The number of fused-ring (bicyclic) bond motifs is 1. The van der Waals surface area contributed by atoms with Crippen molar-refractivity contribution < 1.29 is 18.3 Å². The van der Waals surface area contributed by atoms with Gasteiger partial charge in [0, 0.05) is 18.3 Å². The minimum atomic E-state index is -2.99. The topological polar surface area (TPSA) is 60.7 Å². The summed E-state index contributed by atoms with van der Waals surface area (Å²) in [7, 11) is 3.10. The van der Waals surface area contributed by atoms with Crippen LogP contribution >= 0.6 is 0 Å². The zero-order chi connectivity index (χ0) is 21.3. The Morgan fingerprint density at radius 3 is 2.45 bits per heavy atom. The predicted molar refractivity (Wildman–Crippen MR) is 108 cm³/mol. The van der Waals surface area contributed by atoms with Gasteiger partial charge >= 0.3 is 6.61 Å². The molecular formula is C21H24F2N4O2. The number of imidazole rings is 1. The van der Waals surface area contributed by atoms with Crippen LogP contribution in [0.4, 0.5) is 8.78 Å². The van der Waals surface area contributed by atoms with Crippen LogP contribution in [-0.4, -0.2) is 35.4 Å². The van der Waals surface area contributed by atoms with Crippen molar-refractivity contribution >= 4 is 11.3 Å². The maximum Gasteiger partial charge on any atom is 0.387 e. The summed E-state index contributed by atoms with van der Waals surface area (Å²) in [5.74, 6) is 0.300. The van der Waals surface area contributed by atoms with Crippen molar-refractivity contribution in [3.8, 4) is 22.8 Å². The normalized spacial score (nSPS) is 11.7. The minimum Gasteiger partial charge on any atom is -0.496 e. The van der Waals surface area contributed by atoms with Crippen LogP contribution in [0.3, 0.4) is 0 Å². The Morgan fingerprint density at radius 2 is 1.86 bits per heavy atom. The van der Waals surface area contributed by atoms with Crippen molar-refractivity contribution in [1.29, 1.82) is 0 Å². The smallest absolute Gasteiger partial charge is 0.387 e. The van der Waals surface area contributed by atoms with Crippen LogP contribution < -0.4 is 14.8 Å². The largest absolute Gasteiger partial charge is 0.496 e. The molecule has 0 saturated heterocycles. The van der Waals surface area contributed by atoms with E-state index in [1.165, 1.54) is 13.2 Å². The second-order valence-corrected chi connectivity index (χ2v) is 7.57.